The van der Waals surface area contributed by atoms with Gasteiger partial charge in [-0.25, -0.2) is 24.3 Å². The molecule has 0 fully saturated rings. The van der Waals surface area contributed by atoms with Crippen molar-refractivity contribution in [2.24, 2.45) is 0 Å². The SMILES string of the molecule is [CH2-]C[P+](CCCC)(CCCC)CCCC.[Fe+3].c1cc[cH-]c1.c1cc[cH-]c1. The van der Waals surface area contributed by atoms with Gasteiger partial charge in [-0.1, -0.05) is 46.2 Å². The molecular weight excluding hydrogens is 375 g/mol. The van der Waals surface area contributed by atoms with Gasteiger partial charge in [0.15, 0.2) is 0 Å². The Morgan fingerprint density at radius 3 is 1.12 bits per heavy atom. The summed E-state index contributed by atoms with van der Waals surface area (Å²) in [6.07, 6.45) is 14.2. The first-order valence-corrected chi connectivity index (χ1v) is 12.7. The first-order valence-electron chi connectivity index (χ1n) is 10.2. The minimum atomic E-state index is -0.638. The van der Waals surface area contributed by atoms with Crippen LogP contribution in [0.5, 0.6) is 0 Å². The van der Waals surface area contributed by atoms with Crippen molar-refractivity contribution < 1.29 is 17.1 Å². The van der Waals surface area contributed by atoms with Crippen molar-refractivity contribution in [2.75, 3.05) is 24.6 Å². The van der Waals surface area contributed by atoms with Gasteiger partial charge in [-0.05, 0) is 26.5 Å². The van der Waals surface area contributed by atoms with Crippen LogP contribution in [0.1, 0.15) is 59.3 Å². The van der Waals surface area contributed by atoms with Crippen LogP contribution in [-0.2, 0) is 17.1 Å². The maximum absolute atomic E-state index is 4.27. The van der Waals surface area contributed by atoms with Gasteiger partial charge in [-0.3, -0.25) is 0 Å². The molecule has 2 aromatic carbocycles. The molecule has 26 heavy (non-hydrogen) atoms. The molecule has 2 aromatic rings. The minimum Gasteiger partial charge on any atom is -0.306 e. The topological polar surface area (TPSA) is 0 Å². The van der Waals surface area contributed by atoms with Gasteiger partial charge in [0.25, 0.3) is 0 Å². The molecule has 0 aliphatic heterocycles. The average Bonchev–Trinajstić information content (AvgIpc) is 3.40. The van der Waals surface area contributed by atoms with Gasteiger partial charge in [0.1, 0.15) is 0 Å². The summed E-state index contributed by atoms with van der Waals surface area (Å²) in [6.45, 7) is 11.2. The standard InChI is InChI=1S/C14H31P.2C5H5.Fe/c1-5-9-12-15(8-4,13-10-6-2)14-11-7-3;2*1-2-4-5-3-1;/h4-14H2,1-3H3;2*1-5H;/q;2*-1;+3. The summed E-state index contributed by atoms with van der Waals surface area (Å²) in [5, 5.41) is 0. The average molecular weight is 416 g/mol. The van der Waals surface area contributed by atoms with Crippen LogP contribution in [0.3, 0.4) is 0 Å². The second-order valence-corrected chi connectivity index (χ2v) is 11.2. The van der Waals surface area contributed by atoms with Gasteiger partial charge in [-0.15, -0.1) is 0 Å². The third kappa shape index (κ3) is 15.9. The Kier molecular flexibility index (Phi) is 22.5. The van der Waals surface area contributed by atoms with Gasteiger partial charge in [0.2, 0.25) is 0 Å². The van der Waals surface area contributed by atoms with E-state index in [0.717, 1.165) is 0 Å². The Balaban J connectivity index is 0. The molecule has 0 aliphatic rings. The van der Waals surface area contributed by atoms with E-state index >= 15 is 0 Å². The first-order chi connectivity index (χ1) is 12.2. The summed E-state index contributed by atoms with van der Waals surface area (Å²) in [5.41, 5.74) is 0. The van der Waals surface area contributed by atoms with Crippen LogP contribution in [0.15, 0.2) is 60.7 Å². The fourth-order valence-corrected chi connectivity index (χ4v) is 7.10. The molecule has 2 rings (SSSR count). The summed E-state index contributed by atoms with van der Waals surface area (Å²) in [7, 11) is -0.638. The van der Waals surface area contributed by atoms with Gasteiger partial charge >= 0.3 is 17.1 Å². The molecule has 0 bridgehead atoms. The summed E-state index contributed by atoms with van der Waals surface area (Å²) in [6, 6.07) is 20.0. The molecule has 149 valence electrons. The molecule has 0 spiro atoms. The molecule has 0 saturated heterocycles. The van der Waals surface area contributed by atoms with Crippen LogP contribution in [0.4, 0.5) is 0 Å². The number of unbranched alkanes of at least 4 members (excludes halogenated alkanes) is 3. The van der Waals surface area contributed by atoms with Crippen LogP contribution in [0.2, 0.25) is 0 Å². The van der Waals surface area contributed by atoms with E-state index in [0.29, 0.717) is 0 Å². The predicted octanol–water partition coefficient (Wildman–Crippen LogP) is 8.05. The van der Waals surface area contributed by atoms with E-state index in [1.54, 1.807) is 0 Å². The Hall–Kier alpha value is -0.351. The van der Waals surface area contributed by atoms with Crippen LogP contribution in [0, 0.1) is 6.92 Å². The molecule has 0 atom stereocenters. The fourth-order valence-electron chi connectivity index (χ4n) is 2.79. The third-order valence-corrected chi connectivity index (χ3v) is 9.29. The summed E-state index contributed by atoms with van der Waals surface area (Å²) in [4.78, 5) is 0. The minimum absolute atomic E-state index is 0. The normalized spacial score (nSPS) is 10.0. The van der Waals surface area contributed by atoms with E-state index in [4.69, 9.17) is 0 Å². The second kappa shape index (κ2) is 21.0. The van der Waals surface area contributed by atoms with E-state index < -0.39 is 7.26 Å². The van der Waals surface area contributed by atoms with Crippen molar-refractivity contribution >= 4 is 7.26 Å². The van der Waals surface area contributed by atoms with E-state index in [1.165, 1.54) is 63.2 Å². The van der Waals surface area contributed by atoms with Crippen molar-refractivity contribution in [1.29, 1.82) is 0 Å². The van der Waals surface area contributed by atoms with Gasteiger partial charge in [0, 0.05) is 0 Å². The van der Waals surface area contributed by atoms with E-state index in [-0.39, 0.29) is 17.1 Å². The maximum Gasteiger partial charge on any atom is 3.00 e. The molecule has 0 aliphatic carbocycles. The Morgan fingerprint density at radius 2 is 0.962 bits per heavy atom. The van der Waals surface area contributed by atoms with Crippen molar-refractivity contribution in [1.82, 2.24) is 0 Å². The molecule has 0 nitrogen and oxygen atoms in total. The molecule has 0 N–H and O–H groups in total. The fraction of sp³-hybridized carbons (Fsp3) is 0.542. The zero-order chi connectivity index (χ0) is 18.6. The largest absolute Gasteiger partial charge is 3.00 e. The molecule has 2 heteroatoms. The first kappa shape index (κ1) is 27.9. The summed E-state index contributed by atoms with van der Waals surface area (Å²) >= 11 is 0. The van der Waals surface area contributed by atoms with Crippen LogP contribution in [-0.4, -0.2) is 24.6 Å². The summed E-state index contributed by atoms with van der Waals surface area (Å²) in [5.74, 6) is 0. The number of hydrogen-bond donors (Lipinski definition) is 0. The van der Waals surface area contributed by atoms with E-state index in [9.17, 15) is 0 Å². The van der Waals surface area contributed by atoms with Crippen LogP contribution in [0.25, 0.3) is 0 Å². The monoisotopic (exact) mass is 416 g/mol. The maximum atomic E-state index is 4.27. The van der Waals surface area contributed by atoms with Crippen molar-refractivity contribution in [2.45, 2.75) is 59.3 Å². The quantitative estimate of drug-likeness (QED) is 0.209. The number of hydrogen-bond acceptors (Lipinski definition) is 0. The third-order valence-electron chi connectivity index (χ3n) is 4.54. The van der Waals surface area contributed by atoms with Gasteiger partial charge < -0.3 is 6.92 Å². The van der Waals surface area contributed by atoms with Crippen molar-refractivity contribution in [3.05, 3.63) is 67.6 Å². The van der Waals surface area contributed by atoms with Crippen molar-refractivity contribution in [3.63, 3.8) is 0 Å². The summed E-state index contributed by atoms with van der Waals surface area (Å²) < 4.78 is 0. The molecule has 0 heterocycles. The number of rotatable bonds is 10. The Labute approximate surface area is 175 Å². The Morgan fingerprint density at radius 1 is 0.654 bits per heavy atom. The van der Waals surface area contributed by atoms with Crippen LogP contribution >= 0.6 is 7.26 Å². The molecular formula is C24H41FeP+. The van der Waals surface area contributed by atoms with Crippen molar-refractivity contribution in [3.8, 4) is 0 Å². The van der Waals surface area contributed by atoms with E-state index in [2.05, 4.69) is 27.7 Å². The van der Waals surface area contributed by atoms with Gasteiger partial charge in [0.05, 0.1) is 18.5 Å². The zero-order valence-electron chi connectivity index (χ0n) is 17.4. The molecule has 0 amide bonds. The second-order valence-electron chi connectivity index (χ2n) is 6.72. The smallest absolute Gasteiger partial charge is 0.306 e. The molecule has 1 radical (unpaired) electrons. The molecule has 0 unspecified atom stereocenters. The Bertz CT molecular complexity index is 337. The van der Waals surface area contributed by atoms with E-state index in [1.807, 2.05) is 60.7 Å². The zero-order valence-corrected chi connectivity index (χ0v) is 19.4. The predicted molar refractivity (Wildman–Crippen MR) is 121 cm³/mol. The van der Waals surface area contributed by atoms with Crippen LogP contribution < -0.4 is 0 Å². The van der Waals surface area contributed by atoms with Gasteiger partial charge in [-0.2, -0.15) is 36.4 Å². The molecule has 0 saturated carbocycles. The molecule has 0 aromatic heterocycles.